The minimum Gasteiger partial charge on any atom is -0.356 e. The molecule has 0 aliphatic carbocycles. The molecular weight excluding hydrogens is 423 g/mol. The van der Waals surface area contributed by atoms with Gasteiger partial charge in [-0.3, -0.25) is 4.79 Å². The minimum atomic E-state index is -0.284. The summed E-state index contributed by atoms with van der Waals surface area (Å²) in [4.78, 5) is 23.4. The van der Waals surface area contributed by atoms with E-state index in [1.165, 1.54) is 29.5 Å². The number of aromatic nitrogens is 2. The first-order valence-corrected chi connectivity index (χ1v) is 11.9. The molecule has 1 aliphatic rings. The molecule has 1 amide bonds. The lowest BCUT2D eigenvalue weighted by Gasteiger charge is -2.33. The molecule has 0 bridgehead atoms. The van der Waals surface area contributed by atoms with Crippen molar-refractivity contribution in [2.24, 2.45) is 5.92 Å². The molecule has 0 atom stereocenters. The molecule has 1 saturated heterocycles. The first kappa shape index (κ1) is 22.3. The molecule has 1 fully saturated rings. The van der Waals surface area contributed by atoms with E-state index in [2.05, 4.69) is 50.5 Å². The highest BCUT2D eigenvalue weighted by molar-refractivity contribution is 7.99. The summed E-state index contributed by atoms with van der Waals surface area (Å²) in [7, 11) is 0. The molecule has 4 rings (SSSR count). The largest absolute Gasteiger partial charge is 0.356 e. The lowest BCUT2D eigenvalue weighted by Crippen LogP contribution is -2.35. The first-order chi connectivity index (χ1) is 15.7. The summed E-state index contributed by atoms with van der Waals surface area (Å²) in [5.41, 5.74) is 2.27. The molecule has 2 aromatic carbocycles. The van der Waals surface area contributed by atoms with Crippen molar-refractivity contribution in [3.05, 3.63) is 83.8 Å². The fraction of sp³-hybridized carbons (Fsp3) is 0.320. The predicted molar refractivity (Wildman–Crippen MR) is 126 cm³/mol. The van der Waals surface area contributed by atoms with Gasteiger partial charge in [0, 0.05) is 25.8 Å². The van der Waals surface area contributed by atoms with E-state index in [1.807, 2.05) is 6.07 Å². The molecule has 5 nitrogen and oxygen atoms in total. The van der Waals surface area contributed by atoms with Gasteiger partial charge in [0.2, 0.25) is 5.91 Å². The van der Waals surface area contributed by atoms with Crippen LogP contribution < -0.4 is 10.2 Å². The van der Waals surface area contributed by atoms with Gasteiger partial charge in [-0.05, 0) is 54.5 Å². The van der Waals surface area contributed by atoms with E-state index in [-0.39, 0.29) is 17.5 Å². The number of hydrogen-bond donors (Lipinski definition) is 1. The second-order valence-electron chi connectivity index (χ2n) is 8.01. The van der Waals surface area contributed by atoms with Gasteiger partial charge in [-0.2, -0.15) is 0 Å². The number of hydrogen-bond acceptors (Lipinski definition) is 5. The van der Waals surface area contributed by atoms with Crippen molar-refractivity contribution in [3.63, 3.8) is 0 Å². The van der Waals surface area contributed by atoms with Crippen LogP contribution in [0, 0.1) is 11.7 Å². The van der Waals surface area contributed by atoms with Crippen LogP contribution in [0.15, 0.2) is 72.0 Å². The summed E-state index contributed by atoms with van der Waals surface area (Å²) in [5.74, 6) is 1.48. The molecule has 1 N–H and O–H groups in total. The van der Waals surface area contributed by atoms with Gasteiger partial charge in [0.1, 0.15) is 11.6 Å². The van der Waals surface area contributed by atoms with Crippen LogP contribution in [0.4, 0.5) is 10.2 Å². The molecule has 166 valence electrons. The van der Waals surface area contributed by atoms with Crippen LogP contribution in [0.25, 0.3) is 0 Å². The lowest BCUT2D eigenvalue weighted by atomic mass is 9.90. The maximum absolute atomic E-state index is 13.0. The van der Waals surface area contributed by atoms with Gasteiger partial charge in [0.25, 0.3) is 0 Å². The van der Waals surface area contributed by atoms with Crippen molar-refractivity contribution in [3.8, 4) is 0 Å². The van der Waals surface area contributed by atoms with Crippen molar-refractivity contribution in [2.45, 2.75) is 31.0 Å². The fourth-order valence-corrected chi connectivity index (χ4v) is 4.53. The second-order valence-corrected chi connectivity index (χ2v) is 8.95. The highest BCUT2D eigenvalue weighted by atomic mass is 32.2. The standard InChI is InChI=1S/C25H27FN4OS/c26-22-8-6-21(7-9-22)17-28-24(31)18-32-25-27-13-10-23(29-25)30-14-11-20(12-15-30)16-19-4-2-1-3-5-19/h1-10,13,20H,11-12,14-18H2,(H,28,31). The Morgan fingerprint density at radius 2 is 1.78 bits per heavy atom. The summed E-state index contributed by atoms with van der Waals surface area (Å²) in [5, 5.41) is 3.45. The summed E-state index contributed by atoms with van der Waals surface area (Å²) >= 11 is 1.33. The van der Waals surface area contributed by atoms with Gasteiger partial charge in [0.05, 0.1) is 5.75 Å². The molecule has 32 heavy (non-hydrogen) atoms. The van der Waals surface area contributed by atoms with E-state index < -0.39 is 0 Å². The third kappa shape index (κ3) is 6.53. The molecular formula is C25H27FN4OS. The number of benzene rings is 2. The molecule has 0 spiro atoms. The van der Waals surface area contributed by atoms with Crippen LogP contribution in [-0.2, 0) is 17.8 Å². The zero-order valence-electron chi connectivity index (χ0n) is 17.9. The van der Waals surface area contributed by atoms with Crippen molar-refractivity contribution < 1.29 is 9.18 Å². The zero-order valence-corrected chi connectivity index (χ0v) is 18.7. The molecule has 0 saturated carbocycles. The second kappa shape index (κ2) is 11.1. The Morgan fingerprint density at radius 3 is 2.53 bits per heavy atom. The van der Waals surface area contributed by atoms with E-state index in [4.69, 9.17) is 0 Å². The third-order valence-corrected chi connectivity index (χ3v) is 6.52. The third-order valence-electron chi connectivity index (χ3n) is 5.66. The quantitative estimate of drug-likeness (QED) is 0.405. The normalized spacial score (nSPS) is 14.3. The number of thioether (sulfide) groups is 1. The summed E-state index contributed by atoms with van der Waals surface area (Å²) in [6.07, 6.45) is 5.18. The molecule has 0 unspecified atom stereocenters. The van der Waals surface area contributed by atoms with Crippen LogP contribution >= 0.6 is 11.8 Å². The van der Waals surface area contributed by atoms with Gasteiger partial charge < -0.3 is 10.2 Å². The van der Waals surface area contributed by atoms with Crippen LogP contribution in [0.1, 0.15) is 24.0 Å². The maximum Gasteiger partial charge on any atom is 0.230 e. The first-order valence-electron chi connectivity index (χ1n) is 10.9. The van der Waals surface area contributed by atoms with Gasteiger partial charge in [-0.15, -0.1) is 0 Å². The summed E-state index contributed by atoms with van der Waals surface area (Å²) < 4.78 is 13.0. The van der Waals surface area contributed by atoms with Gasteiger partial charge in [-0.1, -0.05) is 54.2 Å². The average Bonchev–Trinajstić information content (AvgIpc) is 2.84. The van der Waals surface area contributed by atoms with E-state index >= 15 is 0 Å². The number of amides is 1. The van der Waals surface area contributed by atoms with E-state index in [1.54, 1.807) is 18.3 Å². The predicted octanol–water partition coefficient (Wildman–Crippen LogP) is 4.48. The minimum absolute atomic E-state index is 0.102. The number of carbonyl (C=O) groups excluding carboxylic acids is 1. The van der Waals surface area contributed by atoms with Gasteiger partial charge in [0.15, 0.2) is 5.16 Å². The van der Waals surface area contributed by atoms with Crippen LogP contribution in [0.5, 0.6) is 0 Å². The van der Waals surface area contributed by atoms with Crippen LogP contribution in [0.3, 0.4) is 0 Å². The topological polar surface area (TPSA) is 58.1 Å². The number of piperidine rings is 1. The molecule has 0 radical (unpaired) electrons. The number of carbonyl (C=O) groups is 1. The average molecular weight is 451 g/mol. The monoisotopic (exact) mass is 450 g/mol. The number of rotatable bonds is 8. The highest BCUT2D eigenvalue weighted by Crippen LogP contribution is 2.25. The lowest BCUT2D eigenvalue weighted by molar-refractivity contribution is -0.118. The Labute approximate surface area is 192 Å². The number of halogens is 1. The maximum atomic E-state index is 13.0. The SMILES string of the molecule is O=C(CSc1nccc(N2CCC(Cc3ccccc3)CC2)n1)NCc1ccc(F)cc1. The van der Waals surface area contributed by atoms with Crippen molar-refractivity contribution in [2.75, 3.05) is 23.7 Å². The number of nitrogens with one attached hydrogen (secondary N) is 1. The molecule has 1 aromatic heterocycles. The zero-order chi connectivity index (χ0) is 22.2. The summed E-state index contributed by atoms with van der Waals surface area (Å²) in [6.45, 7) is 2.34. The van der Waals surface area contributed by atoms with Gasteiger partial charge in [-0.25, -0.2) is 14.4 Å². The van der Waals surface area contributed by atoms with Crippen LogP contribution in [0.2, 0.25) is 0 Å². The molecule has 3 aromatic rings. The Hall–Kier alpha value is -2.93. The number of anilines is 1. The smallest absolute Gasteiger partial charge is 0.230 e. The van der Waals surface area contributed by atoms with E-state index in [9.17, 15) is 9.18 Å². The molecule has 7 heteroatoms. The van der Waals surface area contributed by atoms with E-state index in [0.717, 1.165) is 43.7 Å². The Balaban J connectivity index is 1.23. The highest BCUT2D eigenvalue weighted by Gasteiger charge is 2.21. The number of nitrogens with zero attached hydrogens (tertiary/aromatic N) is 3. The van der Waals surface area contributed by atoms with Gasteiger partial charge >= 0.3 is 0 Å². The molecule has 2 heterocycles. The van der Waals surface area contributed by atoms with E-state index in [0.29, 0.717) is 17.6 Å². The van der Waals surface area contributed by atoms with Crippen molar-refractivity contribution in [1.29, 1.82) is 0 Å². The Kier molecular flexibility index (Phi) is 7.72. The Morgan fingerprint density at radius 1 is 1.03 bits per heavy atom. The fourth-order valence-electron chi connectivity index (χ4n) is 3.88. The van der Waals surface area contributed by atoms with Crippen LogP contribution in [-0.4, -0.2) is 34.7 Å². The van der Waals surface area contributed by atoms with Crippen molar-refractivity contribution >= 4 is 23.5 Å². The molecule has 1 aliphatic heterocycles. The Bertz CT molecular complexity index is 1010. The summed E-state index contributed by atoms with van der Waals surface area (Å²) in [6, 6.07) is 18.7. The van der Waals surface area contributed by atoms with Crippen molar-refractivity contribution in [1.82, 2.24) is 15.3 Å².